The Morgan fingerprint density at radius 2 is 1.81 bits per heavy atom. The predicted octanol–water partition coefficient (Wildman–Crippen LogP) is 4.86. The van der Waals surface area contributed by atoms with Crippen LogP contribution in [0.3, 0.4) is 0 Å². The zero-order valence-corrected chi connectivity index (χ0v) is 14.6. The summed E-state index contributed by atoms with van der Waals surface area (Å²) in [4.78, 5) is 0.237. The molecule has 0 aliphatic carbocycles. The van der Waals surface area contributed by atoms with Gasteiger partial charge in [0.2, 0.25) is 0 Å². The first-order chi connectivity index (χ1) is 9.92. The van der Waals surface area contributed by atoms with Gasteiger partial charge in [0.15, 0.2) is 0 Å². The predicted molar refractivity (Wildman–Crippen MR) is 90.4 cm³/mol. The average molecular weight is 389 g/mol. The molecule has 0 aliphatic heterocycles. The Labute approximate surface area is 138 Å². The largest absolute Gasteiger partial charge is 0.280 e. The van der Waals surface area contributed by atoms with E-state index in [1.54, 1.807) is 30.3 Å². The van der Waals surface area contributed by atoms with E-state index in [4.69, 9.17) is 11.6 Å². The molecule has 0 heterocycles. The Bertz CT molecular complexity index is 730. The Morgan fingerprint density at radius 3 is 2.38 bits per heavy atom. The van der Waals surface area contributed by atoms with E-state index < -0.39 is 10.0 Å². The minimum Gasteiger partial charge on any atom is -0.280 e. The number of rotatable bonds is 5. The highest BCUT2D eigenvalue weighted by molar-refractivity contribution is 9.10. The van der Waals surface area contributed by atoms with Gasteiger partial charge in [-0.1, -0.05) is 37.1 Å². The number of benzene rings is 2. The highest BCUT2D eigenvalue weighted by atomic mass is 79.9. The lowest BCUT2D eigenvalue weighted by Crippen LogP contribution is -2.12. The highest BCUT2D eigenvalue weighted by Crippen LogP contribution is 2.27. The summed E-state index contributed by atoms with van der Waals surface area (Å²) in [6.45, 7) is 2.09. The van der Waals surface area contributed by atoms with Crippen molar-refractivity contribution in [2.75, 3.05) is 4.72 Å². The molecule has 0 aromatic heterocycles. The third-order valence-electron chi connectivity index (χ3n) is 2.94. The van der Waals surface area contributed by atoms with Gasteiger partial charge in [0.1, 0.15) is 0 Å². The summed E-state index contributed by atoms with van der Waals surface area (Å²) in [5, 5.41) is 0.452. The van der Waals surface area contributed by atoms with E-state index in [-0.39, 0.29) is 4.90 Å². The van der Waals surface area contributed by atoms with E-state index in [9.17, 15) is 8.42 Å². The van der Waals surface area contributed by atoms with Gasteiger partial charge in [0, 0.05) is 4.47 Å². The van der Waals surface area contributed by atoms with Crippen LogP contribution in [0.25, 0.3) is 0 Å². The van der Waals surface area contributed by atoms with Gasteiger partial charge in [-0.3, -0.25) is 4.72 Å². The maximum absolute atomic E-state index is 12.3. The van der Waals surface area contributed by atoms with E-state index in [1.165, 1.54) is 0 Å². The number of aryl methyl sites for hydroxylation is 1. The lowest BCUT2D eigenvalue weighted by Gasteiger charge is -2.09. The SMILES string of the molecule is CCCc1ccc(S(=O)(=O)Nc2ccc(Br)c(Cl)c2)cc1. The van der Waals surface area contributed by atoms with Crippen LogP contribution in [0.4, 0.5) is 5.69 Å². The molecule has 2 aromatic carbocycles. The van der Waals surface area contributed by atoms with E-state index >= 15 is 0 Å². The summed E-state index contributed by atoms with van der Waals surface area (Å²) in [6.07, 6.45) is 1.97. The van der Waals surface area contributed by atoms with Crippen LogP contribution < -0.4 is 4.72 Å². The Morgan fingerprint density at radius 1 is 1.14 bits per heavy atom. The number of anilines is 1. The van der Waals surface area contributed by atoms with E-state index in [2.05, 4.69) is 27.6 Å². The summed E-state index contributed by atoms with van der Waals surface area (Å²) in [5.74, 6) is 0. The Hall–Kier alpha value is -1.04. The van der Waals surface area contributed by atoms with Crippen molar-refractivity contribution in [2.24, 2.45) is 0 Å². The smallest absolute Gasteiger partial charge is 0.261 e. The second-order valence-corrected chi connectivity index (χ2v) is 7.57. The molecule has 112 valence electrons. The highest BCUT2D eigenvalue weighted by Gasteiger charge is 2.14. The van der Waals surface area contributed by atoms with E-state index in [0.717, 1.165) is 22.9 Å². The molecule has 0 bridgehead atoms. The summed E-state index contributed by atoms with van der Waals surface area (Å²) >= 11 is 9.23. The third-order valence-corrected chi connectivity index (χ3v) is 5.57. The van der Waals surface area contributed by atoms with Crippen molar-refractivity contribution in [1.29, 1.82) is 0 Å². The number of hydrogen-bond donors (Lipinski definition) is 1. The molecule has 0 atom stereocenters. The van der Waals surface area contributed by atoms with Crippen molar-refractivity contribution < 1.29 is 8.42 Å². The van der Waals surface area contributed by atoms with Gasteiger partial charge in [0.25, 0.3) is 10.0 Å². The van der Waals surface area contributed by atoms with Crippen molar-refractivity contribution >= 4 is 43.2 Å². The lowest BCUT2D eigenvalue weighted by molar-refractivity contribution is 0.601. The molecule has 1 N–H and O–H groups in total. The summed E-state index contributed by atoms with van der Waals surface area (Å²) in [7, 11) is -3.60. The molecule has 21 heavy (non-hydrogen) atoms. The van der Waals surface area contributed by atoms with E-state index in [0.29, 0.717) is 10.7 Å². The van der Waals surface area contributed by atoms with Crippen molar-refractivity contribution in [3.8, 4) is 0 Å². The Kier molecular flexibility index (Phi) is 5.30. The van der Waals surface area contributed by atoms with Gasteiger partial charge in [-0.05, 0) is 58.2 Å². The first kappa shape index (κ1) is 16.3. The number of hydrogen-bond acceptors (Lipinski definition) is 2. The van der Waals surface area contributed by atoms with Crippen molar-refractivity contribution in [3.63, 3.8) is 0 Å². The average Bonchev–Trinajstić information content (AvgIpc) is 2.44. The van der Waals surface area contributed by atoms with Gasteiger partial charge < -0.3 is 0 Å². The number of nitrogens with one attached hydrogen (secondary N) is 1. The zero-order valence-electron chi connectivity index (χ0n) is 11.4. The topological polar surface area (TPSA) is 46.2 Å². The molecule has 0 spiro atoms. The molecule has 6 heteroatoms. The van der Waals surface area contributed by atoms with Crippen LogP contribution in [0.15, 0.2) is 51.8 Å². The van der Waals surface area contributed by atoms with Crippen molar-refractivity contribution in [1.82, 2.24) is 0 Å². The van der Waals surface area contributed by atoms with Gasteiger partial charge in [-0.15, -0.1) is 0 Å². The first-order valence-corrected chi connectivity index (χ1v) is 9.14. The van der Waals surface area contributed by atoms with Crippen LogP contribution in [0.5, 0.6) is 0 Å². The molecule has 3 nitrogen and oxygen atoms in total. The second-order valence-electron chi connectivity index (χ2n) is 4.63. The summed E-state index contributed by atoms with van der Waals surface area (Å²) in [6, 6.07) is 11.8. The van der Waals surface area contributed by atoms with Crippen LogP contribution in [-0.2, 0) is 16.4 Å². The number of sulfonamides is 1. The van der Waals surface area contributed by atoms with Gasteiger partial charge >= 0.3 is 0 Å². The summed E-state index contributed by atoms with van der Waals surface area (Å²) < 4.78 is 27.8. The molecule has 0 unspecified atom stereocenters. The van der Waals surface area contributed by atoms with Crippen LogP contribution in [0.2, 0.25) is 5.02 Å². The molecule has 0 saturated carbocycles. The second kappa shape index (κ2) is 6.81. The van der Waals surface area contributed by atoms with Crippen LogP contribution in [0, 0.1) is 0 Å². The van der Waals surface area contributed by atoms with E-state index in [1.807, 2.05) is 12.1 Å². The molecular formula is C15H15BrClNO2S. The molecule has 2 rings (SSSR count). The molecule has 0 radical (unpaired) electrons. The fraction of sp³-hybridized carbons (Fsp3) is 0.200. The van der Waals surface area contributed by atoms with Crippen molar-refractivity contribution in [2.45, 2.75) is 24.7 Å². The molecule has 2 aromatic rings. The number of halogens is 2. The molecule has 0 amide bonds. The fourth-order valence-electron chi connectivity index (χ4n) is 1.90. The molecule has 0 saturated heterocycles. The standard InChI is InChI=1S/C15H15BrClNO2S/c1-2-3-11-4-7-13(8-5-11)21(19,20)18-12-6-9-14(16)15(17)10-12/h4-10,18H,2-3H2,1H3. The quantitative estimate of drug-likeness (QED) is 0.795. The zero-order chi connectivity index (χ0) is 15.5. The van der Waals surface area contributed by atoms with Gasteiger partial charge in [-0.2, -0.15) is 0 Å². The summed E-state index contributed by atoms with van der Waals surface area (Å²) in [5.41, 5.74) is 1.56. The first-order valence-electron chi connectivity index (χ1n) is 6.49. The third kappa shape index (κ3) is 4.22. The van der Waals surface area contributed by atoms with Crippen molar-refractivity contribution in [3.05, 3.63) is 57.5 Å². The van der Waals surface area contributed by atoms with Gasteiger partial charge in [0.05, 0.1) is 15.6 Å². The van der Waals surface area contributed by atoms with Gasteiger partial charge in [-0.25, -0.2) is 8.42 Å². The molecular weight excluding hydrogens is 374 g/mol. The Balaban J connectivity index is 2.23. The molecule has 0 aliphatic rings. The lowest BCUT2D eigenvalue weighted by atomic mass is 10.1. The minimum absolute atomic E-state index is 0.237. The maximum Gasteiger partial charge on any atom is 0.261 e. The fourth-order valence-corrected chi connectivity index (χ4v) is 3.37. The monoisotopic (exact) mass is 387 g/mol. The van der Waals surface area contributed by atoms with Crippen LogP contribution in [-0.4, -0.2) is 8.42 Å². The van der Waals surface area contributed by atoms with Crippen LogP contribution in [0.1, 0.15) is 18.9 Å². The normalized spacial score (nSPS) is 11.4. The van der Waals surface area contributed by atoms with Crippen LogP contribution >= 0.6 is 27.5 Å². The maximum atomic E-state index is 12.3. The minimum atomic E-state index is -3.60. The molecule has 0 fully saturated rings.